The van der Waals surface area contributed by atoms with Crippen molar-refractivity contribution in [3.05, 3.63) is 72.6 Å². The molecular formula is C30H32N6O7S2. The zero-order valence-electron chi connectivity index (χ0n) is 25.2. The molecule has 236 valence electrons. The van der Waals surface area contributed by atoms with Crippen molar-refractivity contribution in [2.45, 2.75) is 36.1 Å². The lowest BCUT2D eigenvalue weighted by molar-refractivity contribution is -0.140. The third-order valence-corrected chi connectivity index (χ3v) is 8.45. The van der Waals surface area contributed by atoms with E-state index in [1.54, 1.807) is 42.5 Å². The topological polar surface area (TPSA) is 172 Å². The second-order valence-corrected chi connectivity index (χ2v) is 13.0. The predicted octanol–water partition coefficient (Wildman–Crippen LogP) is 4.21. The van der Waals surface area contributed by atoms with E-state index in [0.717, 1.165) is 17.3 Å². The number of hydrogen-bond donors (Lipinski definition) is 2. The Morgan fingerprint density at radius 1 is 0.889 bits per heavy atom. The van der Waals surface area contributed by atoms with E-state index in [0.29, 0.717) is 5.75 Å². The maximum absolute atomic E-state index is 13.7. The van der Waals surface area contributed by atoms with Crippen molar-refractivity contribution in [2.24, 2.45) is 0 Å². The van der Waals surface area contributed by atoms with Gasteiger partial charge in [-0.3, -0.25) is 14.3 Å². The Morgan fingerprint density at radius 3 is 2.18 bits per heavy atom. The number of para-hydroxylation sites is 2. The van der Waals surface area contributed by atoms with Gasteiger partial charge in [-0.15, -0.1) is 0 Å². The van der Waals surface area contributed by atoms with Crippen LogP contribution in [0.3, 0.4) is 0 Å². The molecule has 4 aromatic rings. The SMILES string of the molecule is COC(=O)CNC(=O)CSc1nc(-c2ncccn2)nc(NS(=O)(=O)c2ccc(C(C)(C)C)cc2)c1Oc1ccccc1OC. The molecule has 0 fully saturated rings. The van der Waals surface area contributed by atoms with Crippen molar-refractivity contribution in [3.63, 3.8) is 0 Å². The van der Waals surface area contributed by atoms with Gasteiger partial charge in [0.1, 0.15) is 11.6 Å². The highest BCUT2D eigenvalue weighted by Gasteiger charge is 2.26. The maximum Gasteiger partial charge on any atom is 0.325 e. The second-order valence-electron chi connectivity index (χ2n) is 10.4. The smallest absolute Gasteiger partial charge is 0.325 e. The molecule has 0 radical (unpaired) electrons. The molecule has 0 saturated carbocycles. The van der Waals surface area contributed by atoms with Crippen LogP contribution in [0, 0.1) is 0 Å². The fourth-order valence-electron chi connectivity index (χ4n) is 3.76. The highest BCUT2D eigenvalue weighted by atomic mass is 32.2. The molecular weight excluding hydrogens is 620 g/mol. The van der Waals surface area contributed by atoms with Gasteiger partial charge in [0.2, 0.25) is 17.5 Å². The van der Waals surface area contributed by atoms with Crippen molar-refractivity contribution in [3.8, 4) is 28.9 Å². The van der Waals surface area contributed by atoms with Crippen LogP contribution in [0.15, 0.2) is 76.9 Å². The van der Waals surface area contributed by atoms with Crippen LogP contribution in [-0.2, 0) is 29.8 Å². The van der Waals surface area contributed by atoms with Gasteiger partial charge in [0, 0.05) is 12.4 Å². The summed E-state index contributed by atoms with van der Waals surface area (Å²) in [6.45, 7) is 5.75. The summed E-state index contributed by atoms with van der Waals surface area (Å²) in [7, 11) is -1.54. The van der Waals surface area contributed by atoms with Gasteiger partial charge in [-0.2, -0.15) is 0 Å². The van der Waals surface area contributed by atoms with Crippen molar-refractivity contribution in [2.75, 3.05) is 31.2 Å². The van der Waals surface area contributed by atoms with E-state index in [9.17, 15) is 18.0 Å². The van der Waals surface area contributed by atoms with E-state index in [1.807, 2.05) is 20.8 Å². The highest BCUT2D eigenvalue weighted by Crippen LogP contribution is 2.41. The average molecular weight is 653 g/mol. The van der Waals surface area contributed by atoms with Gasteiger partial charge in [-0.25, -0.2) is 28.4 Å². The van der Waals surface area contributed by atoms with Gasteiger partial charge >= 0.3 is 5.97 Å². The van der Waals surface area contributed by atoms with E-state index in [-0.39, 0.29) is 56.6 Å². The Kier molecular flexibility index (Phi) is 10.6. The number of rotatable bonds is 12. The molecule has 2 aromatic carbocycles. The number of carbonyl (C=O) groups excluding carboxylic acids is 2. The number of nitrogens with one attached hydrogen (secondary N) is 2. The summed E-state index contributed by atoms with van der Waals surface area (Å²) in [5.41, 5.74) is 0.772. The largest absolute Gasteiger partial charge is 0.493 e. The van der Waals surface area contributed by atoms with Gasteiger partial charge in [0.05, 0.1) is 24.9 Å². The van der Waals surface area contributed by atoms with E-state index in [1.165, 1.54) is 38.7 Å². The molecule has 0 aliphatic carbocycles. The molecule has 0 saturated heterocycles. The van der Waals surface area contributed by atoms with Crippen molar-refractivity contribution >= 4 is 39.5 Å². The Balaban J connectivity index is 1.82. The number of nitrogens with zero attached hydrogens (tertiary/aromatic N) is 4. The Morgan fingerprint density at radius 2 is 1.56 bits per heavy atom. The molecule has 2 aromatic heterocycles. The predicted molar refractivity (Wildman–Crippen MR) is 168 cm³/mol. The first kappa shape index (κ1) is 33.1. The van der Waals surface area contributed by atoms with Gasteiger partial charge in [0.25, 0.3) is 10.0 Å². The zero-order chi connectivity index (χ0) is 32.6. The number of carbonyl (C=O) groups is 2. The summed E-state index contributed by atoms with van der Waals surface area (Å²) < 4.78 is 46.1. The van der Waals surface area contributed by atoms with Crippen LogP contribution in [0.4, 0.5) is 5.82 Å². The lowest BCUT2D eigenvalue weighted by Gasteiger charge is -2.20. The molecule has 2 N–H and O–H groups in total. The van der Waals surface area contributed by atoms with Crippen molar-refractivity contribution in [1.82, 2.24) is 25.3 Å². The van der Waals surface area contributed by atoms with Gasteiger partial charge in [0.15, 0.2) is 23.1 Å². The lowest BCUT2D eigenvalue weighted by atomic mass is 9.87. The van der Waals surface area contributed by atoms with Crippen molar-refractivity contribution < 1.29 is 32.2 Å². The van der Waals surface area contributed by atoms with Crippen LogP contribution in [0.1, 0.15) is 26.3 Å². The summed E-state index contributed by atoms with van der Waals surface area (Å²) in [6.07, 6.45) is 2.97. The molecule has 4 rings (SSSR count). The van der Waals surface area contributed by atoms with Crippen LogP contribution >= 0.6 is 11.8 Å². The highest BCUT2D eigenvalue weighted by molar-refractivity contribution is 8.00. The fourth-order valence-corrected chi connectivity index (χ4v) is 5.56. The number of thioether (sulfide) groups is 1. The van der Waals surface area contributed by atoms with Crippen LogP contribution in [0.25, 0.3) is 11.6 Å². The molecule has 0 unspecified atom stereocenters. The number of methoxy groups -OCH3 is 2. The average Bonchev–Trinajstić information content (AvgIpc) is 3.03. The minimum absolute atomic E-state index is 0.00810. The van der Waals surface area contributed by atoms with Gasteiger partial charge in [-0.05, 0) is 41.3 Å². The van der Waals surface area contributed by atoms with Crippen LogP contribution in [-0.4, -0.2) is 66.7 Å². The van der Waals surface area contributed by atoms with E-state index in [4.69, 9.17) is 9.47 Å². The number of hydrogen-bond acceptors (Lipinski definition) is 12. The standard InChI is InChI=1S/C30H32N6O7S2/c1-30(2,3)19-11-13-20(14-12-19)45(39,40)36-26-25(43-22-10-7-6-9-21(22)41-4)29(44-18-23(37)33-17-24(38)42-5)35-28(34-26)27-31-15-8-16-32-27/h6-16H,17-18H2,1-5H3,(H,33,37)(H,34,35,36). The Hall–Kier alpha value is -4.76. The maximum atomic E-state index is 13.7. The molecule has 0 aliphatic rings. The number of ether oxygens (including phenoxy) is 3. The first-order valence-electron chi connectivity index (χ1n) is 13.5. The molecule has 0 atom stereocenters. The van der Waals surface area contributed by atoms with E-state index in [2.05, 4.69) is 34.7 Å². The minimum Gasteiger partial charge on any atom is -0.493 e. The molecule has 0 bridgehead atoms. The first-order valence-corrected chi connectivity index (χ1v) is 16.0. The van der Waals surface area contributed by atoms with Crippen LogP contribution < -0.4 is 19.5 Å². The molecule has 1 amide bonds. The van der Waals surface area contributed by atoms with E-state index >= 15 is 0 Å². The lowest BCUT2D eigenvalue weighted by Crippen LogP contribution is -2.31. The van der Waals surface area contributed by atoms with Gasteiger partial charge in [-0.1, -0.05) is 56.8 Å². The zero-order valence-corrected chi connectivity index (χ0v) is 26.9. The number of benzene rings is 2. The number of aromatic nitrogens is 4. The number of esters is 1. The van der Waals surface area contributed by atoms with Crippen LogP contribution in [0.2, 0.25) is 0 Å². The minimum atomic E-state index is -4.21. The molecule has 0 aliphatic heterocycles. The van der Waals surface area contributed by atoms with Crippen LogP contribution in [0.5, 0.6) is 17.2 Å². The van der Waals surface area contributed by atoms with Gasteiger partial charge < -0.3 is 19.5 Å². The Bertz CT molecular complexity index is 1760. The molecule has 15 heteroatoms. The first-order chi connectivity index (χ1) is 21.4. The summed E-state index contributed by atoms with van der Waals surface area (Å²) in [5.74, 6) is -1.00. The monoisotopic (exact) mass is 652 g/mol. The fraction of sp³-hybridized carbons (Fsp3) is 0.267. The molecule has 45 heavy (non-hydrogen) atoms. The summed E-state index contributed by atoms with van der Waals surface area (Å²) in [4.78, 5) is 41.5. The summed E-state index contributed by atoms with van der Waals surface area (Å²) in [6, 6.07) is 14.8. The molecule has 2 heterocycles. The quantitative estimate of drug-likeness (QED) is 0.127. The second kappa shape index (κ2) is 14.3. The number of anilines is 1. The van der Waals surface area contributed by atoms with E-state index < -0.39 is 21.9 Å². The summed E-state index contributed by atoms with van der Waals surface area (Å²) >= 11 is 0.925. The Labute approximate surface area is 265 Å². The molecule has 0 spiro atoms. The third kappa shape index (κ3) is 8.67. The third-order valence-electron chi connectivity index (χ3n) is 6.14. The number of sulfonamides is 1. The summed E-state index contributed by atoms with van der Waals surface area (Å²) in [5, 5.41) is 2.54. The van der Waals surface area contributed by atoms with Crippen molar-refractivity contribution in [1.29, 1.82) is 0 Å². The molecule has 13 nitrogen and oxygen atoms in total. The number of amides is 1. The normalized spacial score (nSPS) is 11.4.